The highest BCUT2D eigenvalue weighted by molar-refractivity contribution is 6.06. The first kappa shape index (κ1) is 13.8. The first-order valence-electron chi connectivity index (χ1n) is 8.28. The summed E-state index contributed by atoms with van der Waals surface area (Å²) in [6.07, 6.45) is 5.87. The average molecular weight is 297 g/mol. The quantitative estimate of drug-likeness (QED) is 0.941. The maximum atomic E-state index is 12.6. The molecular weight excluding hydrogens is 274 g/mol. The second kappa shape index (κ2) is 5.43. The summed E-state index contributed by atoms with van der Waals surface area (Å²) in [6.45, 7) is 3.35. The number of nitrogens with one attached hydrogen (secondary N) is 1. The molecule has 0 radical (unpaired) electrons. The van der Waals surface area contributed by atoms with Gasteiger partial charge in [0, 0.05) is 55.4 Å². The van der Waals surface area contributed by atoms with Crippen molar-refractivity contribution in [1.82, 2.24) is 14.8 Å². The number of carbonyl (C=O) groups excluding carboxylic acids is 1. The van der Waals surface area contributed by atoms with E-state index in [9.17, 15) is 4.79 Å². The average Bonchev–Trinajstić information content (AvgIpc) is 3.09. The lowest BCUT2D eigenvalue weighted by atomic mass is 10.1. The van der Waals surface area contributed by atoms with Crippen molar-refractivity contribution in [3.8, 4) is 0 Å². The molecular formula is C18H23N3O. The Kier molecular flexibility index (Phi) is 3.41. The molecule has 1 amide bonds. The minimum atomic E-state index is 0.0649. The Morgan fingerprint density at radius 2 is 2.14 bits per heavy atom. The van der Waals surface area contributed by atoms with Crippen molar-refractivity contribution in [2.24, 2.45) is 13.0 Å². The fourth-order valence-electron chi connectivity index (χ4n) is 3.55. The van der Waals surface area contributed by atoms with Crippen molar-refractivity contribution in [2.45, 2.75) is 25.3 Å². The second-order valence-electron chi connectivity index (χ2n) is 6.83. The molecule has 1 aromatic carbocycles. The van der Waals surface area contributed by atoms with E-state index in [0.717, 1.165) is 41.9 Å². The summed E-state index contributed by atoms with van der Waals surface area (Å²) in [5.74, 6) is 0.989. The standard InChI is InChI=1S/C18H23N3O/c1-20-9-8-15-16(3-2-4-17(15)20)18(22)19-14-7-10-21(12-14)11-13-5-6-13/h2-4,8-9,13-14H,5-7,10-12H2,1H3,(H,19,22). The van der Waals surface area contributed by atoms with Crippen LogP contribution in [-0.4, -0.2) is 41.1 Å². The number of fused-ring (bicyclic) bond motifs is 1. The highest BCUT2D eigenvalue weighted by atomic mass is 16.1. The number of carbonyl (C=O) groups is 1. The number of aromatic nitrogens is 1. The third-order valence-corrected chi connectivity index (χ3v) is 4.99. The molecule has 116 valence electrons. The number of hydrogen-bond donors (Lipinski definition) is 1. The van der Waals surface area contributed by atoms with Crippen molar-refractivity contribution in [3.63, 3.8) is 0 Å². The van der Waals surface area contributed by atoms with E-state index in [1.165, 1.54) is 19.4 Å². The number of nitrogens with zero attached hydrogens (tertiary/aromatic N) is 2. The highest BCUT2D eigenvalue weighted by Gasteiger charge is 2.30. The van der Waals surface area contributed by atoms with E-state index in [0.29, 0.717) is 6.04 Å². The van der Waals surface area contributed by atoms with E-state index in [-0.39, 0.29) is 5.91 Å². The lowest BCUT2D eigenvalue weighted by Crippen LogP contribution is -2.37. The van der Waals surface area contributed by atoms with Crippen LogP contribution in [0.25, 0.3) is 10.9 Å². The van der Waals surface area contributed by atoms with Crippen LogP contribution in [-0.2, 0) is 7.05 Å². The molecule has 0 bridgehead atoms. The predicted molar refractivity (Wildman–Crippen MR) is 88.0 cm³/mol. The van der Waals surface area contributed by atoms with Gasteiger partial charge in [-0.1, -0.05) is 6.07 Å². The molecule has 22 heavy (non-hydrogen) atoms. The van der Waals surface area contributed by atoms with E-state index in [1.807, 2.05) is 31.4 Å². The van der Waals surface area contributed by atoms with E-state index in [4.69, 9.17) is 0 Å². The fourth-order valence-corrected chi connectivity index (χ4v) is 3.55. The van der Waals surface area contributed by atoms with Gasteiger partial charge in [-0.05, 0) is 43.4 Å². The van der Waals surface area contributed by atoms with Crippen LogP contribution in [0.1, 0.15) is 29.6 Å². The number of likely N-dealkylation sites (tertiary alicyclic amines) is 1. The van der Waals surface area contributed by atoms with Crippen LogP contribution in [0.4, 0.5) is 0 Å². The van der Waals surface area contributed by atoms with Crippen LogP contribution >= 0.6 is 0 Å². The van der Waals surface area contributed by atoms with Gasteiger partial charge in [-0.2, -0.15) is 0 Å². The van der Waals surface area contributed by atoms with Gasteiger partial charge in [0.25, 0.3) is 5.91 Å². The van der Waals surface area contributed by atoms with Gasteiger partial charge in [0.15, 0.2) is 0 Å². The van der Waals surface area contributed by atoms with Crippen molar-refractivity contribution in [2.75, 3.05) is 19.6 Å². The van der Waals surface area contributed by atoms with Gasteiger partial charge in [-0.3, -0.25) is 4.79 Å². The zero-order valence-electron chi connectivity index (χ0n) is 13.1. The molecule has 1 N–H and O–H groups in total. The molecule has 1 saturated heterocycles. The fraction of sp³-hybridized carbons (Fsp3) is 0.500. The van der Waals surface area contributed by atoms with E-state index in [1.54, 1.807) is 0 Å². The summed E-state index contributed by atoms with van der Waals surface area (Å²) in [5.41, 5.74) is 1.90. The molecule has 1 unspecified atom stereocenters. The van der Waals surface area contributed by atoms with E-state index < -0.39 is 0 Å². The Bertz CT molecular complexity index is 701. The smallest absolute Gasteiger partial charge is 0.252 e. The summed E-state index contributed by atoms with van der Waals surface area (Å²) >= 11 is 0. The van der Waals surface area contributed by atoms with Crippen LogP contribution < -0.4 is 5.32 Å². The van der Waals surface area contributed by atoms with Gasteiger partial charge in [0.1, 0.15) is 0 Å². The molecule has 1 aliphatic carbocycles. The SMILES string of the molecule is Cn1ccc2c(C(=O)NC3CCN(CC4CC4)C3)cccc21. The molecule has 2 aliphatic rings. The zero-order valence-corrected chi connectivity index (χ0v) is 13.1. The zero-order chi connectivity index (χ0) is 15.1. The minimum Gasteiger partial charge on any atom is -0.351 e. The maximum Gasteiger partial charge on any atom is 0.252 e. The molecule has 4 rings (SSSR count). The van der Waals surface area contributed by atoms with Gasteiger partial charge >= 0.3 is 0 Å². The maximum absolute atomic E-state index is 12.6. The van der Waals surface area contributed by atoms with Crippen LogP contribution in [0.3, 0.4) is 0 Å². The molecule has 1 saturated carbocycles. The second-order valence-corrected chi connectivity index (χ2v) is 6.83. The normalized spacial score (nSPS) is 22.3. The highest BCUT2D eigenvalue weighted by Crippen LogP contribution is 2.30. The third-order valence-electron chi connectivity index (χ3n) is 4.99. The first-order chi connectivity index (χ1) is 10.7. The summed E-state index contributed by atoms with van der Waals surface area (Å²) in [4.78, 5) is 15.1. The van der Waals surface area contributed by atoms with Crippen molar-refractivity contribution >= 4 is 16.8 Å². The molecule has 0 spiro atoms. The summed E-state index contributed by atoms with van der Waals surface area (Å²) in [7, 11) is 2.01. The monoisotopic (exact) mass is 297 g/mol. The molecule has 1 aromatic heterocycles. The lowest BCUT2D eigenvalue weighted by Gasteiger charge is -2.16. The molecule has 2 aromatic rings. The summed E-state index contributed by atoms with van der Waals surface area (Å²) < 4.78 is 2.05. The molecule has 2 fully saturated rings. The van der Waals surface area contributed by atoms with Crippen molar-refractivity contribution in [3.05, 3.63) is 36.0 Å². The van der Waals surface area contributed by atoms with Crippen LogP contribution in [0.15, 0.2) is 30.5 Å². The third kappa shape index (κ3) is 2.63. The van der Waals surface area contributed by atoms with Gasteiger partial charge in [0.05, 0.1) is 0 Å². The number of aryl methyl sites for hydroxylation is 1. The van der Waals surface area contributed by atoms with Gasteiger partial charge in [-0.15, -0.1) is 0 Å². The topological polar surface area (TPSA) is 37.3 Å². The Morgan fingerprint density at radius 3 is 2.95 bits per heavy atom. The number of hydrogen-bond acceptors (Lipinski definition) is 2. The van der Waals surface area contributed by atoms with Crippen LogP contribution in [0.2, 0.25) is 0 Å². The Labute approximate surface area is 131 Å². The van der Waals surface area contributed by atoms with Crippen molar-refractivity contribution in [1.29, 1.82) is 0 Å². The number of rotatable bonds is 4. The van der Waals surface area contributed by atoms with Crippen molar-refractivity contribution < 1.29 is 4.79 Å². The lowest BCUT2D eigenvalue weighted by molar-refractivity contribution is 0.0939. The summed E-state index contributed by atoms with van der Waals surface area (Å²) in [6, 6.07) is 8.27. The molecule has 4 nitrogen and oxygen atoms in total. The van der Waals surface area contributed by atoms with Gasteiger partial charge < -0.3 is 14.8 Å². The van der Waals surface area contributed by atoms with E-state index in [2.05, 4.69) is 20.9 Å². The Hall–Kier alpha value is -1.81. The first-order valence-corrected chi connectivity index (χ1v) is 8.28. The van der Waals surface area contributed by atoms with Crippen LogP contribution in [0.5, 0.6) is 0 Å². The van der Waals surface area contributed by atoms with Gasteiger partial charge in [-0.25, -0.2) is 0 Å². The molecule has 2 heterocycles. The number of benzene rings is 1. The Balaban J connectivity index is 1.45. The summed E-state index contributed by atoms with van der Waals surface area (Å²) in [5, 5.41) is 4.27. The largest absolute Gasteiger partial charge is 0.351 e. The number of amides is 1. The minimum absolute atomic E-state index is 0.0649. The molecule has 4 heteroatoms. The van der Waals surface area contributed by atoms with Crippen LogP contribution in [0, 0.1) is 5.92 Å². The predicted octanol–water partition coefficient (Wildman–Crippen LogP) is 2.39. The van der Waals surface area contributed by atoms with Gasteiger partial charge in [0.2, 0.25) is 0 Å². The van der Waals surface area contributed by atoms with E-state index >= 15 is 0 Å². The molecule has 1 atom stereocenters. The molecule has 1 aliphatic heterocycles. The Morgan fingerprint density at radius 1 is 1.27 bits per heavy atom.